The van der Waals surface area contributed by atoms with Crippen LogP contribution in [0.4, 0.5) is 5.69 Å². The van der Waals surface area contributed by atoms with Crippen molar-refractivity contribution >= 4 is 25.9 Å². The van der Waals surface area contributed by atoms with E-state index in [1.807, 2.05) is 25.1 Å². The number of nitro groups is 1. The first-order chi connectivity index (χ1) is 18.6. The average molecular weight is 570 g/mol. The van der Waals surface area contributed by atoms with Crippen LogP contribution in [0.15, 0.2) is 42.5 Å². The first kappa shape index (κ1) is 29.8. The standard InChI is InChI=1S/C29H39N3O7Si/c1-18-25-24(17-37-40(7,8)29(2,3)4)39-31(26(25)28(34)38-18)16-19-10-9-11-20(14-19)22-13-12-21(27(33)30(5)6)15-23(22)32(35)36/h9-15,18,24-26H,16-17H2,1-8H3/t18-,24?,25+,26-/m0/s1. The normalized spacial score (nSPS) is 23.1. The molecule has 0 spiro atoms. The van der Waals surface area contributed by atoms with Gasteiger partial charge in [-0.1, -0.05) is 39.0 Å². The Bertz CT molecular complexity index is 1310. The zero-order chi connectivity index (χ0) is 29.6. The van der Waals surface area contributed by atoms with Crippen molar-refractivity contribution in [3.8, 4) is 11.1 Å². The summed E-state index contributed by atoms with van der Waals surface area (Å²) in [6.45, 7) is 13.5. The summed E-state index contributed by atoms with van der Waals surface area (Å²) in [4.78, 5) is 44.4. The van der Waals surface area contributed by atoms with Crippen molar-refractivity contribution in [1.82, 2.24) is 9.96 Å². The fraction of sp³-hybridized carbons (Fsp3) is 0.517. The summed E-state index contributed by atoms with van der Waals surface area (Å²) >= 11 is 0. The number of nitro benzene ring substituents is 1. The molecule has 0 aliphatic carbocycles. The van der Waals surface area contributed by atoms with Crippen LogP contribution >= 0.6 is 0 Å². The molecule has 0 N–H and O–H groups in total. The molecule has 2 heterocycles. The molecule has 2 aliphatic rings. The predicted molar refractivity (Wildman–Crippen MR) is 153 cm³/mol. The maximum Gasteiger partial charge on any atom is 0.326 e. The summed E-state index contributed by atoms with van der Waals surface area (Å²) < 4.78 is 12.0. The molecule has 0 radical (unpaired) electrons. The predicted octanol–water partition coefficient (Wildman–Crippen LogP) is 5.03. The van der Waals surface area contributed by atoms with Gasteiger partial charge in [-0.15, -0.1) is 0 Å². The van der Waals surface area contributed by atoms with Crippen molar-refractivity contribution in [3.63, 3.8) is 0 Å². The highest BCUT2D eigenvalue weighted by molar-refractivity contribution is 6.74. The van der Waals surface area contributed by atoms with Crippen molar-refractivity contribution in [3.05, 3.63) is 63.7 Å². The van der Waals surface area contributed by atoms with Gasteiger partial charge in [-0.25, -0.2) is 0 Å². The molecule has 216 valence electrons. The number of hydrogen-bond acceptors (Lipinski definition) is 8. The number of carbonyl (C=O) groups is 2. The molecule has 10 nitrogen and oxygen atoms in total. The van der Waals surface area contributed by atoms with Crippen LogP contribution in [0.1, 0.15) is 43.6 Å². The molecule has 0 aromatic heterocycles. The van der Waals surface area contributed by atoms with Crippen LogP contribution in [0.3, 0.4) is 0 Å². The highest BCUT2D eigenvalue weighted by Gasteiger charge is 2.56. The number of ether oxygens (including phenoxy) is 1. The van der Waals surface area contributed by atoms with Gasteiger partial charge in [-0.05, 0) is 54.4 Å². The number of hydroxylamine groups is 2. The van der Waals surface area contributed by atoms with E-state index in [0.29, 0.717) is 24.3 Å². The summed E-state index contributed by atoms with van der Waals surface area (Å²) in [7, 11) is 1.17. The van der Waals surface area contributed by atoms with Crippen molar-refractivity contribution in [1.29, 1.82) is 0 Å². The maximum atomic E-state index is 12.8. The Balaban J connectivity index is 1.58. The monoisotopic (exact) mass is 569 g/mol. The Kier molecular flexibility index (Phi) is 8.24. The molecule has 2 saturated heterocycles. The molecular weight excluding hydrogens is 530 g/mol. The molecule has 4 atom stereocenters. The minimum atomic E-state index is -2.03. The zero-order valence-corrected chi connectivity index (χ0v) is 25.5. The van der Waals surface area contributed by atoms with Crippen molar-refractivity contribution in [2.45, 2.75) is 70.6 Å². The van der Waals surface area contributed by atoms with E-state index < -0.39 is 19.3 Å². The molecule has 1 amide bonds. The van der Waals surface area contributed by atoms with Gasteiger partial charge in [0.2, 0.25) is 0 Å². The van der Waals surface area contributed by atoms with Gasteiger partial charge in [0.15, 0.2) is 8.32 Å². The number of amides is 1. The van der Waals surface area contributed by atoms with Crippen LogP contribution in [0.5, 0.6) is 0 Å². The van der Waals surface area contributed by atoms with E-state index in [9.17, 15) is 19.7 Å². The van der Waals surface area contributed by atoms with Crippen LogP contribution in [-0.2, 0) is 25.3 Å². The van der Waals surface area contributed by atoms with Crippen molar-refractivity contribution in [2.75, 3.05) is 20.7 Å². The number of fused-ring (bicyclic) bond motifs is 1. The molecule has 2 aromatic carbocycles. The van der Waals surface area contributed by atoms with Gasteiger partial charge < -0.3 is 14.1 Å². The molecule has 40 heavy (non-hydrogen) atoms. The van der Waals surface area contributed by atoms with Crippen LogP contribution in [-0.4, -0.2) is 74.0 Å². The Morgan fingerprint density at radius 3 is 2.50 bits per heavy atom. The van der Waals surface area contributed by atoms with E-state index in [4.69, 9.17) is 14.0 Å². The topological polar surface area (TPSA) is 111 Å². The van der Waals surface area contributed by atoms with Gasteiger partial charge in [-0.3, -0.25) is 24.5 Å². The molecule has 0 bridgehead atoms. The van der Waals surface area contributed by atoms with Crippen LogP contribution in [0.25, 0.3) is 11.1 Å². The molecule has 2 fully saturated rings. The minimum absolute atomic E-state index is 0.0410. The van der Waals surface area contributed by atoms with Gasteiger partial charge in [-0.2, -0.15) is 5.06 Å². The first-order valence-corrected chi connectivity index (χ1v) is 16.4. The molecule has 4 rings (SSSR count). The maximum absolute atomic E-state index is 12.8. The molecular formula is C29H39N3O7Si. The van der Waals surface area contributed by atoms with Gasteiger partial charge in [0.1, 0.15) is 18.2 Å². The molecule has 11 heteroatoms. The lowest BCUT2D eigenvalue weighted by Gasteiger charge is -2.37. The van der Waals surface area contributed by atoms with Crippen LogP contribution in [0, 0.1) is 16.0 Å². The van der Waals surface area contributed by atoms with Gasteiger partial charge in [0.25, 0.3) is 11.6 Å². The summed E-state index contributed by atoms with van der Waals surface area (Å²) in [6.07, 6.45) is -0.625. The number of cyclic esters (lactones) is 1. The van der Waals surface area contributed by atoms with E-state index in [1.54, 1.807) is 37.4 Å². The third kappa shape index (κ3) is 5.83. The van der Waals surface area contributed by atoms with Gasteiger partial charge >= 0.3 is 5.97 Å². The average Bonchev–Trinajstić information content (AvgIpc) is 3.38. The number of benzene rings is 2. The second-order valence-electron chi connectivity index (χ2n) is 12.3. The Labute approximate surface area is 236 Å². The van der Waals surface area contributed by atoms with Gasteiger partial charge in [0.05, 0.1) is 29.6 Å². The summed E-state index contributed by atoms with van der Waals surface area (Å²) in [5.41, 5.74) is 1.93. The number of esters is 1. The summed E-state index contributed by atoms with van der Waals surface area (Å²) in [6, 6.07) is 11.3. The molecule has 1 unspecified atom stereocenters. The van der Waals surface area contributed by atoms with Crippen molar-refractivity contribution in [2.24, 2.45) is 5.92 Å². The number of rotatable bonds is 8. The van der Waals surface area contributed by atoms with Crippen LogP contribution < -0.4 is 0 Å². The number of carbonyl (C=O) groups excluding carboxylic acids is 2. The zero-order valence-electron chi connectivity index (χ0n) is 24.5. The third-order valence-electron chi connectivity index (χ3n) is 8.30. The minimum Gasteiger partial charge on any atom is -0.461 e. The van der Waals surface area contributed by atoms with Crippen LogP contribution in [0.2, 0.25) is 18.1 Å². The van der Waals surface area contributed by atoms with Crippen molar-refractivity contribution < 1.29 is 28.5 Å². The Morgan fingerprint density at radius 1 is 1.18 bits per heavy atom. The van der Waals surface area contributed by atoms with E-state index >= 15 is 0 Å². The van der Waals surface area contributed by atoms with E-state index in [1.165, 1.54) is 11.0 Å². The fourth-order valence-electron chi connectivity index (χ4n) is 4.99. The number of nitrogens with zero attached hydrogens (tertiary/aromatic N) is 3. The highest BCUT2D eigenvalue weighted by atomic mass is 28.4. The SMILES string of the molecule is C[C@@H]1OC(=O)[C@@H]2[C@H]1C(CO[Si](C)(C)C(C)(C)C)ON2Cc1cccc(-c2ccc(C(=O)N(C)C)cc2[N+](=O)[O-])c1. The molecule has 2 aliphatic heterocycles. The number of hydrogen-bond donors (Lipinski definition) is 0. The largest absolute Gasteiger partial charge is 0.461 e. The Morgan fingerprint density at radius 2 is 1.88 bits per heavy atom. The fourth-order valence-corrected chi connectivity index (χ4v) is 6.00. The smallest absolute Gasteiger partial charge is 0.326 e. The highest BCUT2D eigenvalue weighted by Crippen LogP contribution is 2.41. The summed E-state index contributed by atoms with van der Waals surface area (Å²) in [5, 5.41) is 13.6. The molecule has 2 aromatic rings. The first-order valence-electron chi connectivity index (χ1n) is 13.5. The van der Waals surface area contributed by atoms with E-state index in [2.05, 4.69) is 33.9 Å². The third-order valence-corrected chi connectivity index (χ3v) is 12.8. The second kappa shape index (κ2) is 11.0. The van der Waals surface area contributed by atoms with E-state index in [-0.39, 0.29) is 46.3 Å². The lowest BCUT2D eigenvalue weighted by molar-refractivity contribution is -0.384. The van der Waals surface area contributed by atoms with Gasteiger partial charge in [0, 0.05) is 25.7 Å². The quantitative estimate of drug-likeness (QED) is 0.188. The second-order valence-corrected chi connectivity index (χ2v) is 17.2. The lowest BCUT2D eigenvalue weighted by atomic mass is 9.93. The molecule has 0 saturated carbocycles. The van der Waals surface area contributed by atoms with E-state index in [0.717, 1.165) is 5.56 Å². The summed E-state index contributed by atoms with van der Waals surface area (Å²) in [5.74, 6) is -0.794. The Hall–Kier alpha value is -3.12. The lowest BCUT2D eigenvalue weighted by Crippen LogP contribution is -2.44.